The Hall–Kier alpha value is -3.99. The molecule has 0 aliphatic heterocycles. The van der Waals surface area contributed by atoms with E-state index >= 15 is 0 Å². The maximum atomic E-state index is 13.7. The Balaban J connectivity index is 1.91. The second kappa shape index (κ2) is 7.36. The lowest BCUT2D eigenvalue weighted by Crippen LogP contribution is -2.30. The van der Waals surface area contributed by atoms with E-state index in [0.717, 1.165) is 16.7 Å². The molecule has 0 saturated heterocycles. The van der Waals surface area contributed by atoms with Crippen LogP contribution >= 0.6 is 0 Å². The molecule has 0 radical (unpaired) electrons. The third kappa shape index (κ3) is 3.15. The van der Waals surface area contributed by atoms with E-state index in [1.54, 1.807) is 28.8 Å². The first-order chi connectivity index (χ1) is 15.0. The van der Waals surface area contributed by atoms with Gasteiger partial charge in [-0.05, 0) is 31.5 Å². The number of nitrogens with zero attached hydrogens (tertiary/aromatic N) is 2. The Labute approximate surface area is 178 Å². The molecule has 0 aliphatic rings. The predicted molar refractivity (Wildman–Crippen MR) is 122 cm³/mol. The molecule has 5 nitrogen and oxygen atoms in total. The van der Waals surface area contributed by atoms with Crippen LogP contribution in [0.5, 0.6) is 0 Å². The van der Waals surface area contributed by atoms with Gasteiger partial charge in [-0.2, -0.15) is 4.98 Å². The predicted octanol–water partition coefficient (Wildman–Crippen LogP) is 5.09. The van der Waals surface area contributed by atoms with Crippen molar-refractivity contribution in [1.82, 2.24) is 9.55 Å². The molecule has 3 aromatic carbocycles. The van der Waals surface area contributed by atoms with Gasteiger partial charge in [-0.1, -0.05) is 72.3 Å². The Morgan fingerprint density at radius 2 is 1.55 bits per heavy atom. The summed E-state index contributed by atoms with van der Waals surface area (Å²) in [5.74, 6) is 0.465. The van der Waals surface area contributed by atoms with E-state index in [1.165, 1.54) is 0 Å². The van der Waals surface area contributed by atoms with Gasteiger partial charge in [0.05, 0.1) is 11.4 Å². The Bertz CT molecular complexity index is 1530. The zero-order chi connectivity index (χ0) is 21.5. The molecule has 0 saturated carbocycles. The lowest BCUT2D eigenvalue weighted by Gasteiger charge is -2.20. The molecule has 2 aromatic heterocycles. The van der Waals surface area contributed by atoms with Gasteiger partial charge in [0.15, 0.2) is 5.39 Å². The molecule has 0 unspecified atom stereocenters. The van der Waals surface area contributed by atoms with Gasteiger partial charge in [-0.25, -0.2) is 0 Å². The van der Waals surface area contributed by atoms with Crippen molar-refractivity contribution < 1.29 is 4.42 Å². The van der Waals surface area contributed by atoms with Crippen LogP contribution in [0.4, 0.5) is 0 Å². The molecule has 0 fully saturated rings. The number of hydrogen-bond donors (Lipinski definition) is 0. The number of rotatable bonds is 3. The van der Waals surface area contributed by atoms with Crippen LogP contribution in [0.25, 0.3) is 33.5 Å². The molecule has 0 bridgehead atoms. The normalized spacial score (nSPS) is 12.3. The van der Waals surface area contributed by atoms with Gasteiger partial charge in [0.2, 0.25) is 11.1 Å². The minimum Gasteiger partial charge on any atom is -0.437 e. The Morgan fingerprint density at radius 1 is 0.871 bits per heavy atom. The molecule has 5 aromatic rings. The highest BCUT2D eigenvalue weighted by Gasteiger charge is 2.22. The molecule has 0 N–H and O–H groups in total. The summed E-state index contributed by atoms with van der Waals surface area (Å²) in [6.07, 6.45) is 0. The summed E-state index contributed by atoms with van der Waals surface area (Å²) in [5.41, 5.74) is 2.53. The number of fused-ring (bicyclic) bond motifs is 2. The van der Waals surface area contributed by atoms with E-state index in [9.17, 15) is 9.59 Å². The Morgan fingerprint density at radius 3 is 2.29 bits per heavy atom. The van der Waals surface area contributed by atoms with Gasteiger partial charge in [0, 0.05) is 5.56 Å². The fourth-order valence-corrected chi connectivity index (χ4v) is 3.91. The molecule has 152 valence electrons. The summed E-state index contributed by atoms with van der Waals surface area (Å²) >= 11 is 0. The average molecular weight is 408 g/mol. The average Bonchev–Trinajstić information content (AvgIpc) is 2.79. The molecule has 2 heterocycles. The van der Waals surface area contributed by atoms with Crippen LogP contribution in [0, 0.1) is 6.92 Å². The molecule has 5 rings (SSSR count). The first-order valence-electron chi connectivity index (χ1n) is 10.1. The monoisotopic (exact) mass is 408 g/mol. The van der Waals surface area contributed by atoms with Gasteiger partial charge in [0.1, 0.15) is 11.4 Å². The highest BCUT2D eigenvalue weighted by molar-refractivity contribution is 5.88. The molecule has 0 aliphatic carbocycles. The maximum Gasteiger partial charge on any atom is 0.269 e. The van der Waals surface area contributed by atoms with Crippen molar-refractivity contribution in [2.24, 2.45) is 0 Å². The topological polar surface area (TPSA) is 65.1 Å². The lowest BCUT2D eigenvalue weighted by atomic mass is 10.1. The third-order valence-corrected chi connectivity index (χ3v) is 5.63. The summed E-state index contributed by atoms with van der Waals surface area (Å²) in [7, 11) is 0. The molecular formula is C26H20N2O3. The van der Waals surface area contributed by atoms with E-state index in [1.807, 2.05) is 68.4 Å². The summed E-state index contributed by atoms with van der Waals surface area (Å²) in [5, 5.41) is 0.341. The SMILES string of the molecule is Cc1ccc(-c2nc3oc4ccccc4c(=O)c3c(=O)n2[C@H](C)c2ccccc2)cc1. The summed E-state index contributed by atoms with van der Waals surface area (Å²) in [4.78, 5) is 31.6. The van der Waals surface area contributed by atoms with Gasteiger partial charge in [0.25, 0.3) is 5.56 Å². The zero-order valence-corrected chi connectivity index (χ0v) is 17.2. The summed E-state index contributed by atoms with van der Waals surface area (Å²) < 4.78 is 7.50. The zero-order valence-electron chi connectivity index (χ0n) is 17.2. The molecule has 0 spiro atoms. The molecule has 1 atom stereocenters. The third-order valence-electron chi connectivity index (χ3n) is 5.63. The van der Waals surface area contributed by atoms with Crippen molar-refractivity contribution in [3.05, 3.63) is 111 Å². The smallest absolute Gasteiger partial charge is 0.269 e. The minimum atomic E-state index is -0.406. The van der Waals surface area contributed by atoms with E-state index in [-0.39, 0.29) is 22.6 Å². The largest absolute Gasteiger partial charge is 0.437 e. The van der Waals surface area contributed by atoms with Crippen molar-refractivity contribution in [1.29, 1.82) is 0 Å². The van der Waals surface area contributed by atoms with Crippen LogP contribution in [0.2, 0.25) is 0 Å². The minimum absolute atomic E-state index is 0.0302. The van der Waals surface area contributed by atoms with Crippen molar-refractivity contribution in [2.75, 3.05) is 0 Å². The molecule has 0 amide bonds. The second-order valence-electron chi connectivity index (χ2n) is 7.67. The Kier molecular flexibility index (Phi) is 4.51. The molecular weight excluding hydrogens is 388 g/mol. The summed E-state index contributed by atoms with van der Waals surface area (Å²) in [6, 6.07) is 24.1. The molecule has 5 heteroatoms. The summed E-state index contributed by atoms with van der Waals surface area (Å²) in [6.45, 7) is 3.94. The first kappa shape index (κ1) is 19.0. The van der Waals surface area contributed by atoms with Crippen LogP contribution in [-0.4, -0.2) is 9.55 Å². The molecule has 31 heavy (non-hydrogen) atoms. The highest BCUT2D eigenvalue weighted by atomic mass is 16.3. The van der Waals surface area contributed by atoms with E-state index in [2.05, 4.69) is 4.98 Å². The standard InChI is InChI=1S/C26H20N2O3/c1-16-12-14-19(15-13-16)24-27-25-22(23(29)20-10-6-7-11-21(20)31-25)26(30)28(24)17(2)18-8-4-3-5-9-18/h3-15,17H,1-2H3/t17-/m1/s1. The van der Waals surface area contributed by atoms with Crippen LogP contribution in [-0.2, 0) is 0 Å². The fraction of sp³-hybridized carbons (Fsp3) is 0.115. The van der Waals surface area contributed by atoms with Crippen LogP contribution in [0.3, 0.4) is 0 Å². The van der Waals surface area contributed by atoms with Crippen LogP contribution in [0.1, 0.15) is 24.1 Å². The van der Waals surface area contributed by atoms with E-state index in [4.69, 9.17) is 4.42 Å². The number of benzene rings is 3. The van der Waals surface area contributed by atoms with Gasteiger partial charge in [-0.15, -0.1) is 0 Å². The van der Waals surface area contributed by atoms with Crippen molar-refractivity contribution in [3.63, 3.8) is 0 Å². The number of aryl methyl sites for hydroxylation is 1. The van der Waals surface area contributed by atoms with Gasteiger partial charge in [-0.3, -0.25) is 14.2 Å². The van der Waals surface area contributed by atoms with Crippen LogP contribution in [0.15, 0.2) is 92.9 Å². The number of hydrogen-bond acceptors (Lipinski definition) is 4. The van der Waals surface area contributed by atoms with Gasteiger partial charge < -0.3 is 4.42 Å². The fourth-order valence-electron chi connectivity index (χ4n) is 3.91. The number of aromatic nitrogens is 2. The van der Waals surface area contributed by atoms with Gasteiger partial charge >= 0.3 is 0 Å². The van der Waals surface area contributed by atoms with Crippen molar-refractivity contribution in [2.45, 2.75) is 19.9 Å². The second-order valence-corrected chi connectivity index (χ2v) is 7.67. The lowest BCUT2D eigenvalue weighted by molar-refractivity contribution is 0.597. The first-order valence-corrected chi connectivity index (χ1v) is 10.1. The number of para-hydroxylation sites is 1. The van der Waals surface area contributed by atoms with Crippen LogP contribution < -0.4 is 11.0 Å². The van der Waals surface area contributed by atoms with Crippen molar-refractivity contribution in [3.8, 4) is 11.4 Å². The van der Waals surface area contributed by atoms with E-state index in [0.29, 0.717) is 16.8 Å². The van der Waals surface area contributed by atoms with E-state index < -0.39 is 5.56 Å². The highest BCUT2D eigenvalue weighted by Crippen LogP contribution is 2.26. The van der Waals surface area contributed by atoms with Crippen molar-refractivity contribution >= 4 is 22.1 Å². The maximum absolute atomic E-state index is 13.7. The quantitative estimate of drug-likeness (QED) is 0.390.